The Bertz CT molecular complexity index is 1310. The smallest absolute Gasteiger partial charge is 0.261 e. The fourth-order valence-corrected chi connectivity index (χ4v) is 5.26. The molecule has 4 rings (SSSR count). The first-order chi connectivity index (χ1) is 16.2. The lowest BCUT2D eigenvalue weighted by molar-refractivity contribution is 0.0746. The third-order valence-electron chi connectivity index (χ3n) is 6.65. The normalized spacial score (nSPS) is 14.2. The largest absolute Gasteiger partial charge is 0.368 e. The summed E-state index contributed by atoms with van der Waals surface area (Å²) < 4.78 is 28.2. The Morgan fingerprint density at radius 3 is 2.12 bits per heavy atom. The molecule has 3 aromatic carbocycles. The van der Waals surface area contributed by atoms with E-state index >= 15 is 0 Å². The maximum Gasteiger partial charge on any atom is 0.261 e. The molecule has 1 aliphatic rings. The Morgan fingerprint density at radius 2 is 1.47 bits per heavy atom. The summed E-state index contributed by atoms with van der Waals surface area (Å²) in [6, 6.07) is 17.9. The predicted octanol–water partition coefficient (Wildman–Crippen LogP) is 4.68. The first-order valence-corrected chi connectivity index (χ1v) is 12.9. The van der Waals surface area contributed by atoms with Gasteiger partial charge >= 0.3 is 0 Å². The van der Waals surface area contributed by atoms with Gasteiger partial charge in [0, 0.05) is 43.1 Å². The lowest BCUT2D eigenvalue weighted by Gasteiger charge is -2.37. The average Bonchev–Trinajstić information content (AvgIpc) is 2.83. The van der Waals surface area contributed by atoms with Crippen molar-refractivity contribution in [3.05, 3.63) is 88.5 Å². The highest BCUT2D eigenvalue weighted by atomic mass is 32.2. The zero-order valence-corrected chi connectivity index (χ0v) is 20.9. The number of rotatable bonds is 5. The molecule has 1 heterocycles. The van der Waals surface area contributed by atoms with Crippen LogP contribution >= 0.6 is 0 Å². The van der Waals surface area contributed by atoms with Crippen LogP contribution in [0, 0.1) is 27.7 Å². The van der Waals surface area contributed by atoms with Crippen LogP contribution in [0.4, 0.5) is 11.4 Å². The third kappa shape index (κ3) is 4.94. The van der Waals surface area contributed by atoms with Gasteiger partial charge in [0.05, 0.1) is 4.90 Å². The monoisotopic (exact) mass is 477 g/mol. The quantitative estimate of drug-likeness (QED) is 0.579. The van der Waals surface area contributed by atoms with Crippen LogP contribution in [0.1, 0.15) is 32.6 Å². The van der Waals surface area contributed by atoms with Crippen molar-refractivity contribution in [3.8, 4) is 0 Å². The fraction of sp³-hybridized carbons (Fsp3) is 0.296. The number of nitrogens with zero attached hydrogens (tertiary/aromatic N) is 2. The van der Waals surface area contributed by atoms with E-state index in [1.54, 1.807) is 18.2 Å². The van der Waals surface area contributed by atoms with Gasteiger partial charge in [0.1, 0.15) is 0 Å². The van der Waals surface area contributed by atoms with Gasteiger partial charge in [0.25, 0.3) is 15.9 Å². The van der Waals surface area contributed by atoms with Crippen molar-refractivity contribution in [2.24, 2.45) is 0 Å². The van der Waals surface area contributed by atoms with E-state index in [1.165, 1.54) is 28.9 Å². The molecule has 0 radical (unpaired) electrons. The van der Waals surface area contributed by atoms with E-state index < -0.39 is 10.0 Å². The SMILES string of the molecule is Cc1ccc(NS(=O)(=O)c2ccc(C(=O)N3CCN(c4cccc(C)c4C)CC3)cc2)cc1C. The van der Waals surface area contributed by atoms with Crippen molar-refractivity contribution >= 4 is 27.3 Å². The minimum Gasteiger partial charge on any atom is -0.368 e. The molecular formula is C27H31N3O3S. The summed E-state index contributed by atoms with van der Waals surface area (Å²) in [6.07, 6.45) is 0. The van der Waals surface area contributed by atoms with Gasteiger partial charge in [-0.05, 0) is 92.4 Å². The van der Waals surface area contributed by atoms with Gasteiger partial charge in [0.15, 0.2) is 0 Å². The molecule has 0 unspecified atom stereocenters. The highest BCUT2D eigenvalue weighted by Crippen LogP contribution is 2.25. The highest BCUT2D eigenvalue weighted by molar-refractivity contribution is 7.92. The van der Waals surface area contributed by atoms with Gasteiger partial charge in [-0.3, -0.25) is 9.52 Å². The first-order valence-electron chi connectivity index (χ1n) is 11.5. The van der Waals surface area contributed by atoms with Gasteiger partial charge in [-0.1, -0.05) is 18.2 Å². The second kappa shape index (κ2) is 9.50. The first kappa shape index (κ1) is 23.8. The number of nitrogens with one attached hydrogen (secondary N) is 1. The van der Waals surface area contributed by atoms with Crippen LogP contribution < -0.4 is 9.62 Å². The molecule has 1 N–H and O–H groups in total. The molecule has 3 aromatic rings. The minimum absolute atomic E-state index is 0.0771. The number of piperazine rings is 1. The van der Waals surface area contributed by atoms with E-state index in [2.05, 4.69) is 41.7 Å². The molecular weight excluding hydrogens is 446 g/mol. The second-order valence-electron chi connectivity index (χ2n) is 8.93. The molecule has 34 heavy (non-hydrogen) atoms. The number of hydrogen-bond acceptors (Lipinski definition) is 4. The van der Waals surface area contributed by atoms with Crippen LogP contribution in [0.5, 0.6) is 0 Å². The Morgan fingerprint density at radius 1 is 0.794 bits per heavy atom. The number of carbonyl (C=O) groups is 1. The minimum atomic E-state index is -3.74. The molecule has 1 saturated heterocycles. The van der Waals surface area contributed by atoms with Crippen LogP contribution in [0.3, 0.4) is 0 Å². The summed E-state index contributed by atoms with van der Waals surface area (Å²) in [5.74, 6) is -0.0771. The van der Waals surface area contributed by atoms with Crippen LogP contribution in [0.15, 0.2) is 65.6 Å². The number of sulfonamides is 1. The van der Waals surface area contributed by atoms with Gasteiger partial charge in [-0.25, -0.2) is 8.42 Å². The molecule has 7 heteroatoms. The van der Waals surface area contributed by atoms with Crippen LogP contribution in [-0.2, 0) is 10.0 Å². The number of carbonyl (C=O) groups excluding carboxylic acids is 1. The number of aryl methyl sites for hydroxylation is 3. The Balaban J connectivity index is 1.41. The van der Waals surface area contributed by atoms with E-state index in [-0.39, 0.29) is 10.8 Å². The molecule has 1 fully saturated rings. The molecule has 1 amide bonds. The third-order valence-corrected chi connectivity index (χ3v) is 8.05. The molecule has 0 spiro atoms. The van der Waals surface area contributed by atoms with E-state index in [9.17, 15) is 13.2 Å². The van der Waals surface area contributed by atoms with Gasteiger partial charge in [0.2, 0.25) is 0 Å². The number of amides is 1. The van der Waals surface area contributed by atoms with Gasteiger partial charge in [-0.2, -0.15) is 0 Å². The van der Waals surface area contributed by atoms with Crippen molar-refractivity contribution in [2.45, 2.75) is 32.6 Å². The van der Waals surface area contributed by atoms with Crippen molar-refractivity contribution in [1.29, 1.82) is 0 Å². The second-order valence-corrected chi connectivity index (χ2v) is 10.6. The topological polar surface area (TPSA) is 69.7 Å². The van der Waals surface area contributed by atoms with E-state index in [0.717, 1.165) is 24.2 Å². The molecule has 0 bridgehead atoms. The summed E-state index contributed by atoms with van der Waals surface area (Å²) in [4.78, 5) is 17.3. The van der Waals surface area contributed by atoms with E-state index in [1.807, 2.05) is 30.9 Å². The van der Waals surface area contributed by atoms with Crippen LogP contribution in [0.2, 0.25) is 0 Å². The predicted molar refractivity (Wildman–Crippen MR) is 137 cm³/mol. The number of hydrogen-bond donors (Lipinski definition) is 1. The van der Waals surface area contributed by atoms with Crippen molar-refractivity contribution in [3.63, 3.8) is 0 Å². The van der Waals surface area contributed by atoms with Crippen LogP contribution in [0.25, 0.3) is 0 Å². The summed E-state index contributed by atoms with van der Waals surface area (Å²) in [5, 5.41) is 0. The molecule has 0 atom stereocenters. The standard InChI is InChI=1S/C27H31N3O3S/c1-19-8-11-24(18-21(19)3)28-34(32,33)25-12-9-23(10-13-25)27(31)30-16-14-29(15-17-30)26-7-5-6-20(2)22(26)4/h5-13,18,28H,14-17H2,1-4H3. The van der Waals surface area contributed by atoms with Crippen molar-refractivity contribution in [1.82, 2.24) is 4.90 Å². The molecule has 6 nitrogen and oxygen atoms in total. The Labute approximate surface area is 202 Å². The summed E-state index contributed by atoms with van der Waals surface area (Å²) in [7, 11) is -3.74. The Kier molecular flexibility index (Phi) is 6.66. The highest BCUT2D eigenvalue weighted by Gasteiger charge is 2.24. The zero-order chi connectivity index (χ0) is 24.5. The summed E-state index contributed by atoms with van der Waals surface area (Å²) in [5.41, 5.74) is 6.87. The molecule has 0 aromatic heterocycles. The maximum atomic E-state index is 13.0. The van der Waals surface area contributed by atoms with Gasteiger partial charge in [-0.15, -0.1) is 0 Å². The molecule has 178 valence electrons. The lowest BCUT2D eigenvalue weighted by atomic mass is 10.1. The zero-order valence-electron chi connectivity index (χ0n) is 20.1. The lowest BCUT2D eigenvalue weighted by Crippen LogP contribution is -2.49. The van der Waals surface area contributed by atoms with E-state index in [0.29, 0.717) is 24.3 Å². The summed E-state index contributed by atoms with van der Waals surface area (Å²) in [6.45, 7) is 10.9. The van der Waals surface area contributed by atoms with Crippen molar-refractivity contribution < 1.29 is 13.2 Å². The number of benzene rings is 3. The molecule has 0 saturated carbocycles. The Hall–Kier alpha value is -3.32. The molecule has 0 aliphatic carbocycles. The number of anilines is 2. The molecule has 1 aliphatic heterocycles. The maximum absolute atomic E-state index is 13.0. The summed E-state index contributed by atoms with van der Waals surface area (Å²) >= 11 is 0. The average molecular weight is 478 g/mol. The fourth-order valence-electron chi connectivity index (χ4n) is 4.21. The van der Waals surface area contributed by atoms with Crippen LogP contribution in [-0.4, -0.2) is 45.4 Å². The van der Waals surface area contributed by atoms with E-state index in [4.69, 9.17) is 0 Å². The van der Waals surface area contributed by atoms with Gasteiger partial charge < -0.3 is 9.80 Å². The van der Waals surface area contributed by atoms with Crippen molar-refractivity contribution in [2.75, 3.05) is 35.8 Å².